The minimum atomic E-state index is -0.0494. The number of amides is 1. The molecule has 27 heavy (non-hydrogen) atoms. The van der Waals surface area contributed by atoms with Gasteiger partial charge in [-0.15, -0.1) is 0 Å². The number of para-hydroxylation sites is 1. The Morgan fingerprint density at radius 1 is 1.15 bits per heavy atom. The monoisotopic (exact) mass is 357 g/mol. The minimum absolute atomic E-state index is 0.0494. The molecule has 0 spiro atoms. The van der Waals surface area contributed by atoms with E-state index in [0.29, 0.717) is 12.2 Å². The third kappa shape index (κ3) is 3.56. The number of fused-ring (bicyclic) bond motifs is 1. The van der Waals surface area contributed by atoms with Gasteiger partial charge in [0.2, 0.25) is 0 Å². The van der Waals surface area contributed by atoms with Crippen LogP contribution in [-0.2, 0) is 13.0 Å². The van der Waals surface area contributed by atoms with E-state index in [0.717, 1.165) is 17.8 Å². The van der Waals surface area contributed by atoms with Crippen molar-refractivity contribution in [2.75, 3.05) is 10.2 Å². The van der Waals surface area contributed by atoms with E-state index >= 15 is 0 Å². The van der Waals surface area contributed by atoms with Crippen molar-refractivity contribution in [2.24, 2.45) is 0 Å². The Hall–Kier alpha value is -3.14. The predicted octanol–water partition coefficient (Wildman–Crippen LogP) is 4.59. The van der Waals surface area contributed by atoms with Crippen molar-refractivity contribution in [3.63, 3.8) is 0 Å². The van der Waals surface area contributed by atoms with E-state index in [1.54, 1.807) is 6.20 Å². The number of carbonyl (C=O) groups is 1. The van der Waals surface area contributed by atoms with E-state index in [4.69, 9.17) is 0 Å². The molecule has 0 saturated heterocycles. The largest absolute Gasteiger partial charge is 0.381 e. The molecule has 0 aliphatic carbocycles. The van der Waals surface area contributed by atoms with E-state index in [9.17, 15) is 4.79 Å². The van der Waals surface area contributed by atoms with Crippen molar-refractivity contribution in [3.8, 4) is 0 Å². The number of hydrogen-bond acceptors (Lipinski definition) is 3. The predicted molar refractivity (Wildman–Crippen MR) is 109 cm³/mol. The van der Waals surface area contributed by atoms with Crippen LogP contribution in [0.2, 0.25) is 0 Å². The molecule has 0 fully saturated rings. The topological polar surface area (TPSA) is 45.2 Å². The quantitative estimate of drug-likeness (QED) is 0.742. The first kappa shape index (κ1) is 17.3. The molecule has 1 aliphatic heterocycles. The fraction of sp³-hybridized carbons (Fsp3) is 0.217. The number of anilines is 2. The summed E-state index contributed by atoms with van der Waals surface area (Å²) in [6, 6.07) is 20.4. The molecule has 4 rings (SSSR count). The van der Waals surface area contributed by atoms with Crippen LogP contribution in [0.25, 0.3) is 0 Å². The molecule has 1 atom stereocenters. The molecule has 1 N–H and O–H groups in total. The summed E-state index contributed by atoms with van der Waals surface area (Å²) in [4.78, 5) is 19.3. The lowest BCUT2D eigenvalue weighted by Crippen LogP contribution is -2.36. The van der Waals surface area contributed by atoms with Crippen molar-refractivity contribution in [2.45, 2.75) is 32.9 Å². The van der Waals surface area contributed by atoms with Crippen LogP contribution >= 0.6 is 0 Å². The van der Waals surface area contributed by atoms with Gasteiger partial charge in [0.25, 0.3) is 5.91 Å². The second kappa shape index (κ2) is 7.23. The molecule has 1 unspecified atom stereocenters. The molecular weight excluding hydrogens is 334 g/mol. The summed E-state index contributed by atoms with van der Waals surface area (Å²) >= 11 is 0. The van der Waals surface area contributed by atoms with Crippen LogP contribution in [-0.4, -0.2) is 16.9 Å². The number of rotatable bonds is 4. The lowest BCUT2D eigenvalue weighted by atomic mass is 10.1. The normalized spacial score (nSPS) is 15.5. The van der Waals surface area contributed by atoms with Crippen LogP contribution in [0.1, 0.15) is 34.1 Å². The zero-order valence-electron chi connectivity index (χ0n) is 15.6. The third-order valence-electron chi connectivity index (χ3n) is 4.98. The lowest BCUT2D eigenvalue weighted by Gasteiger charge is -2.22. The zero-order chi connectivity index (χ0) is 18.8. The maximum Gasteiger partial charge on any atom is 0.277 e. The first-order valence-electron chi connectivity index (χ1n) is 9.29. The SMILES string of the molecule is Cc1cccc(CNc2ccnc(C(=O)N3c4ccccc4CC3C)c2)c1. The molecule has 2 heterocycles. The number of benzene rings is 2. The Bertz CT molecular complexity index is 983. The Labute approximate surface area is 159 Å². The third-order valence-corrected chi connectivity index (χ3v) is 4.98. The molecule has 3 aromatic rings. The first-order valence-corrected chi connectivity index (χ1v) is 9.29. The molecule has 4 nitrogen and oxygen atoms in total. The fourth-order valence-corrected chi connectivity index (χ4v) is 3.68. The number of aromatic nitrogens is 1. The Kier molecular flexibility index (Phi) is 4.63. The van der Waals surface area contributed by atoms with Gasteiger partial charge in [-0.05, 0) is 49.6 Å². The number of nitrogens with zero attached hydrogens (tertiary/aromatic N) is 2. The highest BCUT2D eigenvalue weighted by Crippen LogP contribution is 2.33. The Balaban J connectivity index is 1.53. The number of nitrogens with one attached hydrogen (secondary N) is 1. The molecule has 0 bridgehead atoms. The highest BCUT2D eigenvalue weighted by atomic mass is 16.2. The molecular formula is C23H23N3O. The van der Waals surface area contributed by atoms with Gasteiger partial charge in [0, 0.05) is 30.2 Å². The summed E-state index contributed by atoms with van der Waals surface area (Å²) in [7, 11) is 0. The van der Waals surface area contributed by atoms with Gasteiger partial charge in [0.05, 0.1) is 0 Å². The fourth-order valence-electron chi connectivity index (χ4n) is 3.68. The van der Waals surface area contributed by atoms with Gasteiger partial charge in [-0.1, -0.05) is 48.0 Å². The second-order valence-corrected chi connectivity index (χ2v) is 7.13. The summed E-state index contributed by atoms with van der Waals surface area (Å²) in [6.45, 7) is 4.88. The zero-order valence-corrected chi connectivity index (χ0v) is 15.6. The van der Waals surface area contributed by atoms with Crippen molar-refractivity contribution in [1.82, 2.24) is 4.98 Å². The van der Waals surface area contributed by atoms with Crippen LogP contribution in [0.5, 0.6) is 0 Å². The first-order chi connectivity index (χ1) is 13.1. The smallest absolute Gasteiger partial charge is 0.277 e. The number of pyridine rings is 1. The molecule has 0 radical (unpaired) electrons. The highest BCUT2D eigenvalue weighted by molar-refractivity contribution is 6.06. The van der Waals surface area contributed by atoms with E-state index in [1.807, 2.05) is 35.2 Å². The number of carbonyl (C=O) groups excluding carboxylic acids is 1. The minimum Gasteiger partial charge on any atom is -0.381 e. The summed E-state index contributed by atoms with van der Waals surface area (Å²) < 4.78 is 0. The maximum absolute atomic E-state index is 13.1. The average molecular weight is 357 g/mol. The van der Waals surface area contributed by atoms with Gasteiger partial charge in [-0.2, -0.15) is 0 Å². The summed E-state index contributed by atoms with van der Waals surface area (Å²) in [6.07, 6.45) is 2.58. The van der Waals surface area contributed by atoms with Gasteiger partial charge in [-0.3, -0.25) is 9.78 Å². The lowest BCUT2D eigenvalue weighted by molar-refractivity contribution is 0.0976. The summed E-state index contributed by atoms with van der Waals surface area (Å²) in [5, 5.41) is 3.39. The van der Waals surface area contributed by atoms with E-state index in [-0.39, 0.29) is 11.9 Å². The van der Waals surface area contributed by atoms with Crippen LogP contribution in [0.15, 0.2) is 66.9 Å². The van der Waals surface area contributed by atoms with Crippen molar-refractivity contribution < 1.29 is 4.79 Å². The van der Waals surface area contributed by atoms with Gasteiger partial charge >= 0.3 is 0 Å². The van der Waals surface area contributed by atoms with Crippen LogP contribution in [0.4, 0.5) is 11.4 Å². The van der Waals surface area contributed by atoms with Gasteiger partial charge in [0.1, 0.15) is 5.69 Å². The molecule has 1 aromatic heterocycles. The van der Waals surface area contributed by atoms with E-state index in [2.05, 4.69) is 54.5 Å². The van der Waals surface area contributed by atoms with Crippen molar-refractivity contribution in [1.29, 1.82) is 0 Å². The molecule has 2 aromatic carbocycles. The van der Waals surface area contributed by atoms with Gasteiger partial charge < -0.3 is 10.2 Å². The number of aryl methyl sites for hydroxylation is 1. The van der Waals surface area contributed by atoms with Gasteiger partial charge in [-0.25, -0.2) is 0 Å². The molecule has 1 amide bonds. The summed E-state index contributed by atoms with van der Waals surface area (Å²) in [5.41, 5.74) is 6.02. The molecule has 4 heteroatoms. The average Bonchev–Trinajstić information content (AvgIpc) is 3.02. The molecule has 1 aliphatic rings. The summed E-state index contributed by atoms with van der Waals surface area (Å²) in [5.74, 6) is -0.0494. The van der Waals surface area contributed by atoms with E-state index < -0.39 is 0 Å². The van der Waals surface area contributed by atoms with Gasteiger partial charge in [0.15, 0.2) is 0 Å². The Morgan fingerprint density at radius 3 is 2.85 bits per heavy atom. The highest BCUT2D eigenvalue weighted by Gasteiger charge is 2.31. The number of hydrogen-bond donors (Lipinski definition) is 1. The van der Waals surface area contributed by atoms with E-state index in [1.165, 1.54) is 16.7 Å². The van der Waals surface area contributed by atoms with Crippen molar-refractivity contribution >= 4 is 17.3 Å². The maximum atomic E-state index is 13.1. The van der Waals surface area contributed by atoms with Crippen LogP contribution in [0.3, 0.4) is 0 Å². The van der Waals surface area contributed by atoms with Crippen LogP contribution in [0, 0.1) is 6.92 Å². The molecule has 0 saturated carbocycles. The van der Waals surface area contributed by atoms with Crippen molar-refractivity contribution in [3.05, 3.63) is 89.2 Å². The molecule has 136 valence electrons. The van der Waals surface area contributed by atoms with Crippen LogP contribution < -0.4 is 10.2 Å². The standard InChI is InChI=1S/C23H23N3O/c1-16-6-5-7-18(12-16)15-25-20-10-11-24-21(14-20)23(27)26-17(2)13-19-8-3-4-9-22(19)26/h3-12,14,17H,13,15H2,1-2H3,(H,24,25). The Morgan fingerprint density at radius 2 is 2.00 bits per heavy atom. The second-order valence-electron chi connectivity index (χ2n) is 7.13.